The van der Waals surface area contributed by atoms with Gasteiger partial charge in [0.15, 0.2) is 0 Å². The maximum atomic E-state index is 5.72. The Morgan fingerprint density at radius 1 is 0.607 bits per heavy atom. The molecule has 0 aromatic carbocycles. The zero-order chi connectivity index (χ0) is 19.3. The predicted molar refractivity (Wildman–Crippen MR) is 107 cm³/mol. The molecule has 154 valence electrons. The van der Waals surface area contributed by atoms with Crippen molar-refractivity contribution >= 4 is 5.82 Å². The van der Waals surface area contributed by atoms with E-state index in [4.69, 9.17) is 28.7 Å². The van der Waals surface area contributed by atoms with Crippen LogP contribution in [0.1, 0.15) is 0 Å². The Balaban J connectivity index is 1.56. The van der Waals surface area contributed by atoms with Crippen molar-refractivity contribution in [1.82, 2.24) is 4.98 Å². The van der Waals surface area contributed by atoms with E-state index in [0.29, 0.717) is 66.1 Å². The normalized spacial score (nSPS) is 19.8. The van der Waals surface area contributed by atoms with Crippen LogP contribution in [0.2, 0.25) is 0 Å². The van der Waals surface area contributed by atoms with Crippen LogP contribution in [0.3, 0.4) is 0 Å². The van der Waals surface area contributed by atoms with Crippen LogP contribution in [-0.4, -0.2) is 84.1 Å². The van der Waals surface area contributed by atoms with E-state index in [2.05, 4.69) is 17.0 Å². The lowest BCUT2D eigenvalue weighted by atomic mass is 10.2. The van der Waals surface area contributed by atoms with Gasteiger partial charge in [-0.05, 0) is 12.1 Å². The molecule has 1 aliphatic carbocycles. The van der Waals surface area contributed by atoms with E-state index < -0.39 is 0 Å². The highest BCUT2D eigenvalue weighted by Crippen LogP contribution is 2.26. The lowest BCUT2D eigenvalue weighted by Crippen LogP contribution is -2.32. The average molecular weight is 390 g/mol. The number of hydrogen-bond acceptors (Lipinski definition) is 7. The minimum Gasteiger partial charge on any atom is -0.377 e. The Morgan fingerprint density at radius 3 is 1.68 bits per heavy atom. The number of rotatable bonds is 1. The summed E-state index contributed by atoms with van der Waals surface area (Å²) in [6, 6.07) is 12.3. The summed E-state index contributed by atoms with van der Waals surface area (Å²) in [5.41, 5.74) is 2.12. The fourth-order valence-corrected chi connectivity index (χ4v) is 2.90. The number of ether oxygens (including phenoxy) is 5. The van der Waals surface area contributed by atoms with Gasteiger partial charge in [-0.15, -0.1) is 0 Å². The van der Waals surface area contributed by atoms with Gasteiger partial charge in [-0.25, -0.2) is 4.98 Å². The summed E-state index contributed by atoms with van der Waals surface area (Å²) in [7, 11) is 0. The molecule has 0 N–H and O–H groups in total. The molecule has 0 bridgehead atoms. The van der Waals surface area contributed by atoms with E-state index in [0.717, 1.165) is 30.2 Å². The van der Waals surface area contributed by atoms with Crippen molar-refractivity contribution in [1.29, 1.82) is 0 Å². The summed E-state index contributed by atoms with van der Waals surface area (Å²) in [5.74, 6) is 0.951. The first-order valence-electron chi connectivity index (χ1n) is 9.93. The predicted octanol–water partition coefficient (Wildman–Crippen LogP) is 2.09. The number of fused-ring (bicyclic) bond motifs is 1. The Labute approximate surface area is 166 Å². The van der Waals surface area contributed by atoms with Gasteiger partial charge in [0.1, 0.15) is 5.82 Å². The molecule has 0 spiro atoms. The number of anilines is 1. The molecule has 0 saturated carbocycles. The zero-order valence-corrected chi connectivity index (χ0v) is 16.4. The topological polar surface area (TPSA) is 62.3 Å². The fraction of sp³-hybridized carbons (Fsp3) is 0.571. The van der Waals surface area contributed by atoms with Crippen LogP contribution < -0.4 is 4.90 Å². The second-order valence-electron chi connectivity index (χ2n) is 6.41. The zero-order valence-electron chi connectivity index (χ0n) is 16.4. The molecule has 0 aromatic heterocycles. The second kappa shape index (κ2) is 12.6. The molecule has 28 heavy (non-hydrogen) atoms. The molecule has 0 amide bonds. The van der Waals surface area contributed by atoms with Gasteiger partial charge in [0, 0.05) is 18.7 Å². The maximum absolute atomic E-state index is 5.72. The molecule has 0 atom stereocenters. The smallest absolute Gasteiger partial charge is 0.130 e. The third-order valence-corrected chi connectivity index (χ3v) is 4.39. The SMILES string of the molecule is c1ccc2cc(N3CCOCCOCCOCCOCCOCC3)nc-2cc1. The summed E-state index contributed by atoms with van der Waals surface area (Å²) in [4.78, 5) is 6.99. The van der Waals surface area contributed by atoms with Crippen LogP contribution in [0.25, 0.3) is 11.3 Å². The highest BCUT2D eigenvalue weighted by molar-refractivity contribution is 5.68. The first kappa shape index (κ1) is 21.0. The number of aromatic nitrogens is 1. The van der Waals surface area contributed by atoms with Crippen LogP contribution in [0.5, 0.6) is 0 Å². The standard InChI is InChI=1S/C21H30N2O5/c1-2-4-19-18-21(22-20(19)5-3-1)23-6-8-24-10-12-26-14-16-28-17-15-27-13-11-25-9-7-23/h1-5,18H,6-17H2. The first-order chi connectivity index (χ1) is 13.9. The summed E-state index contributed by atoms with van der Waals surface area (Å²) in [6.45, 7) is 7.27. The lowest BCUT2D eigenvalue weighted by molar-refractivity contribution is -0.0116. The van der Waals surface area contributed by atoms with Crippen LogP contribution in [0, 0.1) is 0 Å². The highest BCUT2D eigenvalue weighted by atomic mass is 16.6. The summed E-state index contributed by atoms with van der Waals surface area (Å²) >= 11 is 0. The van der Waals surface area contributed by atoms with Gasteiger partial charge in [-0.2, -0.15) is 0 Å². The minimum absolute atomic E-state index is 0.567. The maximum Gasteiger partial charge on any atom is 0.130 e. The molecule has 0 aromatic rings. The molecule has 2 heterocycles. The van der Waals surface area contributed by atoms with Gasteiger partial charge in [0.05, 0.1) is 71.8 Å². The van der Waals surface area contributed by atoms with Gasteiger partial charge in [0.2, 0.25) is 0 Å². The monoisotopic (exact) mass is 390 g/mol. The van der Waals surface area contributed by atoms with E-state index in [-0.39, 0.29) is 0 Å². The average Bonchev–Trinajstić information content (AvgIpc) is 2.98. The minimum atomic E-state index is 0.567. The van der Waals surface area contributed by atoms with Crippen molar-refractivity contribution in [3.63, 3.8) is 0 Å². The molecule has 3 rings (SSSR count). The van der Waals surface area contributed by atoms with Crippen molar-refractivity contribution in [2.75, 3.05) is 84.1 Å². The number of hydrogen-bond donors (Lipinski definition) is 0. The van der Waals surface area contributed by atoms with Crippen LogP contribution in [0.4, 0.5) is 5.82 Å². The van der Waals surface area contributed by atoms with E-state index in [1.807, 2.05) is 24.3 Å². The molecule has 1 fully saturated rings. The third-order valence-electron chi connectivity index (χ3n) is 4.39. The van der Waals surface area contributed by atoms with Gasteiger partial charge in [-0.1, -0.05) is 24.3 Å². The third kappa shape index (κ3) is 7.33. The van der Waals surface area contributed by atoms with Crippen molar-refractivity contribution in [3.05, 3.63) is 36.4 Å². The molecule has 3 aliphatic rings. The number of nitrogens with zero attached hydrogens (tertiary/aromatic N) is 2. The first-order valence-corrected chi connectivity index (χ1v) is 9.93. The Bertz CT molecular complexity index is 593. The molecular formula is C21H30N2O5. The van der Waals surface area contributed by atoms with E-state index in [1.54, 1.807) is 0 Å². The van der Waals surface area contributed by atoms with E-state index in [1.165, 1.54) is 0 Å². The molecule has 7 heteroatoms. The Hall–Kier alpha value is -1.77. The molecule has 2 aliphatic heterocycles. The Kier molecular flexibility index (Phi) is 9.46. The van der Waals surface area contributed by atoms with Crippen LogP contribution in [-0.2, 0) is 23.7 Å². The molecule has 0 radical (unpaired) electrons. The van der Waals surface area contributed by atoms with Crippen molar-refractivity contribution in [2.45, 2.75) is 0 Å². The van der Waals surface area contributed by atoms with Gasteiger partial charge in [-0.3, -0.25) is 0 Å². The largest absolute Gasteiger partial charge is 0.377 e. The molecule has 0 unspecified atom stereocenters. The van der Waals surface area contributed by atoms with Crippen molar-refractivity contribution in [2.24, 2.45) is 0 Å². The highest BCUT2D eigenvalue weighted by Gasteiger charge is 2.13. The van der Waals surface area contributed by atoms with Crippen molar-refractivity contribution < 1.29 is 23.7 Å². The van der Waals surface area contributed by atoms with Crippen molar-refractivity contribution in [3.8, 4) is 11.3 Å². The van der Waals surface area contributed by atoms with Crippen LogP contribution in [0.15, 0.2) is 36.4 Å². The molecular weight excluding hydrogens is 360 g/mol. The van der Waals surface area contributed by atoms with Gasteiger partial charge >= 0.3 is 0 Å². The van der Waals surface area contributed by atoms with E-state index in [9.17, 15) is 0 Å². The lowest BCUT2D eigenvalue weighted by Gasteiger charge is -2.22. The van der Waals surface area contributed by atoms with Gasteiger partial charge < -0.3 is 28.6 Å². The Morgan fingerprint density at radius 2 is 1.11 bits per heavy atom. The summed E-state index contributed by atoms with van der Waals surface area (Å²) in [5, 5.41) is 0. The molecule has 1 saturated heterocycles. The van der Waals surface area contributed by atoms with Crippen LogP contribution >= 0.6 is 0 Å². The second-order valence-corrected chi connectivity index (χ2v) is 6.41. The van der Waals surface area contributed by atoms with Gasteiger partial charge in [0.25, 0.3) is 0 Å². The molecule has 7 nitrogen and oxygen atoms in total. The summed E-state index contributed by atoms with van der Waals surface area (Å²) < 4.78 is 27.9. The quantitative estimate of drug-likeness (QED) is 0.739. The fourth-order valence-electron chi connectivity index (χ4n) is 2.90. The summed E-state index contributed by atoms with van der Waals surface area (Å²) in [6.07, 6.45) is 0. The van der Waals surface area contributed by atoms with E-state index >= 15 is 0 Å².